The van der Waals surface area contributed by atoms with E-state index >= 15 is 0 Å². The molecule has 1 atom stereocenters. The Morgan fingerprint density at radius 3 is 2.25 bits per heavy atom. The Labute approximate surface area is 76.7 Å². The zero-order valence-electron chi connectivity index (χ0n) is 9.26. The van der Waals surface area contributed by atoms with Gasteiger partial charge < -0.3 is 4.90 Å². The Morgan fingerprint density at radius 2 is 2.00 bits per heavy atom. The lowest BCUT2D eigenvalue weighted by Gasteiger charge is -2.40. The molecule has 0 radical (unpaired) electrons. The van der Waals surface area contributed by atoms with Crippen molar-refractivity contribution in [1.29, 1.82) is 0 Å². The molecule has 2 nitrogen and oxygen atoms in total. The summed E-state index contributed by atoms with van der Waals surface area (Å²) in [5.74, 6) is 0.644. The first-order chi connectivity index (χ1) is 5.49. The first kappa shape index (κ1) is 11.5. The first-order valence-corrected chi connectivity index (χ1v) is 4.64. The summed E-state index contributed by atoms with van der Waals surface area (Å²) < 4.78 is 0. The molecule has 0 aromatic carbocycles. The number of hydrogen-bond acceptors (Lipinski definition) is 1. The fourth-order valence-electron chi connectivity index (χ4n) is 1.37. The van der Waals surface area contributed by atoms with Gasteiger partial charge in [-0.1, -0.05) is 20.8 Å². The van der Waals surface area contributed by atoms with Gasteiger partial charge in [0.05, 0.1) is 6.34 Å². The molecule has 1 unspecified atom stereocenters. The number of rotatable bonds is 4. The quantitative estimate of drug-likeness (QED) is 0.467. The average molecular weight is 170 g/mol. The molecule has 0 spiro atoms. The Balaban J connectivity index is 4.50. The zero-order valence-corrected chi connectivity index (χ0v) is 9.26. The minimum Gasteiger partial charge on any atom is -0.360 e. The minimum absolute atomic E-state index is 0.236. The van der Waals surface area contributed by atoms with Crippen LogP contribution in [0.3, 0.4) is 0 Å². The van der Waals surface area contributed by atoms with E-state index in [0.29, 0.717) is 5.92 Å². The van der Waals surface area contributed by atoms with Crippen LogP contribution in [0.15, 0.2) is 4.99 Å². The highest BCUT2D eigenvalue weighted by Crippen LogP contribution is 2.25. The van der Waals surface area contributed by atoms with Crippen molar-refractivity contribution in [3.8, 4) is 0 Å². The van der Waals surface area contributed by atoms with Gasteiger partial charge in [-0.15, -0.1) is 0 Å². The number of nitrogens with zero attached hydrogens (tertiary/aromatic N) is 2. The molecule has 0 aromatic heterocycles. The van der Waals surface area contributed by atoms with Crippen LogP contribution in [0.25, 0.3) is 0 Å². The molecule has 0 fully saturated rings. The first-order valence-electron chi connectivity index (χ1n) is 4.64. The molecule has 0 aliphatic heterocycles. The van der Waals surface area contributed by atoms with Crippen LogP contribution in [0.1, 0.15) is 34.1 Å². The highest BCUT2D eigenvalue weighted by Gasteiger charge is 2.29. The van der Waals surface area contributed by atoms with E-state index in [1.165, 1.54) is 0 Å². The maximum atomic E-state index is 4.03. The summed E-state index contributed by atoms with van der Waals surface area (Å²) in [7, 11) is 3.91. The Kier molecular flexibility index (Phi) is 4.29. The SMILES string of the molecule is CCC(C)(C(C)C)N(C)C=NC. The third-order valence-corrected chi connectivity index (χ3v) is 3.05. The van der Waals surface area contributed by atoms with E-state index < -0.39 is 0 Å². The molecule has 0 saturated carbocycles. The van der Waals surface area contributed by atoms with Crippen LogP contribution >= 0.6 is 0 Å². The second-order valence-electron chi connectivity index (χ2n) is 3.85. The molecule has 0 bridgehead atoms. The van der Waals surface area contributed by atoms with Crippen molar-refractivity contribution in [2.24, 2.45) is 10.9 Å². The largest absolute Gasteiger partial charge is 0.360 e. The number of aliphatic imine (C=N–C) groups is 1. The van der Waals surface area contributed by atoms with Crippen molar-refractivity contribution < 1.29 is 0 Å². The topological polar surface area (TPSA) is 15.6 Å². The predicted molar refractivity (Wildman–Crippen MR) is 55.7 cm³/mol. The van der Waals surface area contributed by atoms with Gasteiger partial charge in [-0.05, 0) is 19.3 Å². The summed E-state index contributed by atoms with van der Waals surface area (Å²) in [5, 5.41) is 0. The summed E-state index contributed by atoms with van der Waals surface area (Å²) >= 11 is 0. The van der Waals surface area contributed by atoms with Gasteiger partial charge in [-0.2, -0.15) is 0 Å². The van der Waals surface area contributed by atoms with Gasteiger partial charge in [0.2, 0.25) is 0 Å². The van der Waals surface area contributed by atoms with Crippen molar-refractivity contribution >= 4 is 6.34 Å². The third kappa shape index (κ3) is 2.23. The van der Waals surface area contributed by atoms with E-state index in [9.17, 15) is 0 Å². The van der Waals surface area contributed by atoms with E-state index in [2.05, 4.69) is 44.6 Å². The second kappa shape index (κ2) is 4.48. The van der Waals surface area contributed by atoms with Gasteiger partial charge in [-0.3, -0.25) is 4.99 Å². The average Bonchev–Trinajstić information content (AvgIpc) is 2.03. The molecule has 0 aliphatic rings. The van der Waals surface area contributed by atoms with Crippen LogP contribution < -0.4 is 0 Å². The monoisotopic (exact) mass is 170 g/mol. The second-order valence-corrected chi connectivity index (χ2v) is 3.85. The molecule has 0 amide bonds. The normalized spacial score (nSPS) is 16.9. The van der Waals surface area contributed by atoms with Gasteiger partial charge in [0, 0.05) is 19.6 Å². The molecule has 0 saturated heterocycles. The van der Waals surface area contributed by atoms with Gasteiger partial charge in [-0.25, -0.2) is 0 Å². The van der Waals surface area contributed by atoms with E-state index in [-0.39, 0.29) is 5.54 Å². The van der Waals surface area contributed by atoms with Crippen LogP contribution in [-0.4, -0.2) is 30.9 Å². The lowest BCUT2D eigenvalue weighted by atomic mass is 9.85. The van der Waals surface area contributed by atoms with Crippen LogP contribution in [-0.2, 0) is 0 Å². The van der Waals surface area contributed by atoms with Gasteiger partial charge in [0.1, 0.15) is 0 Å². The van der Waals surface area contributed by atoms with Crippen LogP contribution in [0.2, 0.25) is 0 Å². The summed E-state index contributed by atoms with van der Waals surface area (Å²) in [6.07, 6.45) is 3.05. The molecule has 2 heteroatoms. The van der Waals surface area contributed by atoms with Crippen molar-refractivity contribution in [2.45, 2.75) is 39.7 Å². The number of hydrogen-bond donors (Lipinski definition) is 0. The standard InChI is InChI=1S/C10H22N2/c1-7-10(4,9(2)3)12(6)8-11-5/h8-9H,7H2,1-6H3. The highest BCUT2D eigenvalue weighted by atomic mass is 15.2. The Morgan fingerprint density at radius 1 is 1.50 bits per heavy atom. The van der Waals surface area contributed by atoms with E-state index in [4.69, 9.17) is 0 Å². The summed E-state index contributed by atoms with van der Waals surface area (Å²) in [6.45, 7) is 9.01. The fraction of sp³-hybridized carbons (Fsp3) is 0.900. The molecule has 0 heterocycles. The molecular weight excluding hydrogens is 148 g/mol. The summed E-state index contributed by atoms with van der Waals surface area (Å²) in [6, 6.07) is 0. The third-order valence-electron chi connectivity index (χ3n) is 3.05. The molecule has 0 N–H and O–H groups in total. The smallest absolute Gasteiger partial charge is 0.0848 e. The molecule has 0 rings (SSSR count). The fourth-order valence-corrected chi connectivity index (χ4v) is 1.37. The van der Waals surface area contributed by atoms with Crippen molar-refractivity contribution in [1.82, 2.24) is 4.90 Å². The molecular formula is C10H22N2. The molecule has 12 heavy (non-hydrogen) atoms. The molecule has 0 aromatic rings. The summed E-state index contributed by atoms with van der Waals surface area (Å²) in [4.78, 5) is 6.24. The van der Waals surface area contributed by atoms with Gasteiger partial charge in [0.25, 0.3) is 0 Å². The summed E-state index contributed by atoms with van der Waals surface area (Å²) in [5.41, 5.74) is 0.236. The van der Waals surface area contributed by atoms with Crippen molar-refractivity contribution in [3.63, 3.8) is 0 Å². The van der Waals surface area contributed by atoms with Crippen molar-refractivity contribution in [3.05, 3.63) is 0 Å². The lowest BCUT2D eigenvalue weighted by molar-refractivity contribution is 0.157. The van der Waals surface area contributed by atoms with E-state index in [0.717, 1.165) is 6.42 Å². The highest BCUT2D eigenvalue weighted by molar-refractivity contribution is 5.55. The minimum atomic E-state index is 0.236. The van der Waals surface area contributed by atoms with Gasteiger partial charge >= 0.3 is 0 Å². The maximum Gasteiger partial charge on any atom is 0.0848 e. The lowest BCUT2D eigenvalue weighted by Crippen LogP contribution is -2.46. The Bertz CT molecular complexity index is 152. The van der Waals surface area contributed by atoms with E-state index in [1.54, 1.807) is 0 Å². The van der Waals surface area contributed by atoms with Gasteiger partial charge in [0.15, 0.2) is 0 Å². The van der Waals surface area contributed by atoms with Crippen LogP contribution in [0.4, 0.5) is 0 Å². The van der Waals surface area contributed by atoms with Crippen molar-refractivity contribution in [2.75, 3.05) is 14.1 Å². The Hall–Kier alpha value is -0.530. The molecule has 0 aliphatic carbocycles. The van der Waals surface area contributed by atoms with Crippen LogP contribution in [0, 0.1) is 5.92 Å². The zero-order chi connectivity index (χ0) is 9.78. The van der Waals surface area contributed by atoms with E-state index in [1.807, 2.05) is 13.4 Å². The maximum absolute atomic E-state index is 4.03. The molecule has 72 valence electrons. The predicted octanol–water partition coefficient (Wildman–Crippen LogP) is 2.40. The van der Waals surface area contributed by atoms with Crippen LogP contribution in [0.5, 0.6) is 0 Å².